The van der Waals surface area contributed by atoms with Crippen LogP contribution in [0.2, 0.25) is 5.02 Å². The van der Waals surface area contributed by atoms with E-state index in [1.54, 1.807) is 12.1 Å². The average molecular weight is 452 g/mol. The summed E-state index contributed by atoms with van der Waals surface area (Å²) in [4.78, 5) is 23.0. The molecular weight excluding hydrogens is 437 g/mol. The Hall–Kier alpha value is -1.60. The van der Waals surface area contributed by atoms with Gasteiger partial charge in [-0.25, -0.2) is 4.98 Å². The molecular formula is C18H15ClIN3O. The van der Waals surface area contributed by atoms with Gasteiger partial charge in [-0.1, -0.05) is 23.7 Å². The Morgan fingerprint density at radius 3 is 2.96 bits per heavy atom. The van der Waals surface area contributed by atoms with Gasteiger partial charge in [-0.2, -0.15) is 0 Å². The first-order valence-corrected chi connectivity index (χ1v) is 9.30. The first-order valence-electron chi connectivity index (χ1n) is 7.84. The summed E-state index contributed by atoms with van der Waals surface area (Å²) < 4.78 is 0.914. The fourth-order valence-electron chi connectivity index (χ4n) is 3.24. The maximum Gasteiger partial charge on any atom is 0.255 e. The zero-order valence-electron chi connectivity index (χ0n) is 12.8. The van der Waals surface area contributed by atoms with Crippen molar-refractivity contribution in [2.45, 2.75) is 18.9 Å². The summed E-state index contributed by atoms with van der Waals surface area (Å²) in [5, 5.41) is 0.582. The van der Waals surface area contributed by atoms with Gasteiger partial charge in [0.25, 0.3) is 5.91 Å². The van der Waals surface area contributed by atoms with Gasteiger partial charge in [0.2, 0.25) is 0 Å². The molecule has 0 aliphatic carbocycles. The number of imidazole rings is 1. The van der Waals surface area contributed by atoms with Crippen LogP contribution in [0.4, 0.5) is 0 Å². The lowest BCUT2D eigenvalue weighted by Gasteiger charge is -2.23. The molecule has 1 aliphatic heterocycles. The minimum atomic E-state index is -0.0142. The normalized spacial score (nSPS) is 17.6. The van der Waals surface area contributed by atoms with Crippen LogP contribution in [-0.2, 0) is 0 Å². The molecule has 0 spiro atoms. The highest BCUT2D eigenvalue weighted by Gasteiger charge is 2.33. The van der Waals surface area contributed by atoms with Crippen LogP contribution in [0.15, 0.2) is 42.5 Å². The summed E-state index contributed by atoms with van der Waals surface area (Å²) >= 11 is 8.26. The van der Waals surface area contributed by atoms with Crippen molar-refractivity contribution in [3.8, 4) is 0 Å². The van der Waals surface area contributed by atoms with Crippen molar-refractivity contribution in [1.29, 1.82) is 0 Å². The molecule has 1 atom stereocenters. The van der Waals surface area contributed by atoms with Crippen LogP contribution < -0.4 is 0 Å². The summed E-state index contributed by atoms with van der Waals surface area (Å²) in [5.41, 5.74) is 2.60. The topological polar surface area (TPSA) is 49.0 Å². The maximum atomic E-state index is 13.0. The standard InChI is InChI=1S/C18H15ClIN3O/c19-11-7-8-13(20)12(10-11)18(24)23-9-3-6-16(23)17-21-14-4-1-2-5-15(14)22-17/h1-2,4-5,7-8,10,16H,3,6,9H2,(H,21,22). The molecule has 1 aromatic heterocycles. The molecule has 24 heavy (non-hydrogen) atoms. The van der Waals surface area contributed by atoms with Crippen molar-refractivity contribution in [1.82, 2.24) is 14.9 Å². The molecule has 0 saturated carbocycles. The van der Waals surface area contributed by atoms with Gasteiger partial charge < -0.3 is 9.88 Å². The zero-order chi connectivity index (χ0) is 16.7. The van der Waals surface area contributed by atoms with Crippen LogP contribution in [0.5, 0.6) is 0 Å². The number of hydrogen-bond acceptors (Lipinski definition) is 2. The van der Waals surface area contributed by atoms with Gasteiger partial charge in [0.15, 0.2) is 0 Å². The third-order valence-corrected chi connectivity index (χ3v) is 5.57. The monoisotopic (exact) mass is 451 g/mol. The Balaban J connectivity index is 1.69. The smallest absolute Gasteiger partial charge is 0.255 e. The third kappa shape index (κ3) is 2.80. The van der Waals surface area contributed by atoms with Crippen molar-refractivity contribution in [3.63, 3.8) is 0 Å². The van der Waals surface area contributed by atoms with Gasteiger partial charge in [0.1, 0.15) is 5.82 Å². The summed E-state index contributed by atoms with van der Waals surface area (Å²) in [6.07, 6.45) is 1.90. The van der Waals surface area contributed by atoms with E-state index in [1.807, 2.05) is 35.2 Å². The molecule has 4 nitrogen and oxygen atoms in total. The Kier molecular flexibility index (Phi) is 4.22. The highest BCUT2D eigenvalue weighted by atomic mass is 127. The number of aromatic amines is 1. The quantitative estimate of drug-likeness (QED) is 0.569. The number of rotatable bonds is 2. The van der Waals surface area contributed by atoms with E-state index in [4.69, 9.17) is 11.6 Å². The highest BCUT2D eigenvalue weighted by Crippen LogP contribution is 2.33. The number of benzene rings is 2. The van der Waals surface area contributed by atoms with E-state index in [1.165, 1.54) is 0 Å². The number of hydrogen-bond donors (Lipinski definition) is 1. The van der Waals surface area contributed by atoms with Crippen LogP contribution in [-0.4, -0.2) is 27.3 Å². The van der Waals surface area contributed by atoms with Gasteiger partial charge in [-0.05, 0) is 65.8 Å². The van der Waals surface area contributed by atoms with Gasteiger partial charge >= 0.3 is 0 Å². The van der Waals surface area contributed by atoms with Crippen LogP contribution in [0.1, 0.15) is 35.1 Å². The minimum absolute atomic E-state index is 0.0142. The number of fused-ring (bicyclic) bond motifs is 1. The Bertz CT molecular complexity index is 891. The first-order chi connectivity index (χ1) is 11.6. The number of amides is 1. The van der Waals surface area contributed by atoms with Gasteiger partial charge in [-0.3, -0.25) is 4.79 Å². The molecule has 0 radical (unpaired) electrons. The second-order valence-electron chi connectivity index (χ2n) is 5.92. The largest absolute Gasteiger partial charge is 0.340 e. The lowest BCUT2D eigenvalue weighted by Crippen LogP contribution is -2.31. The van der Waals surface area contributed by atoms with E-state index in [9.17, 15) is 4.79 Å². The molecule has 0 bridgehead atoms. The van der Waals surface area contributed by atoms with Crippen molar-refractivity contribution in [3.05, 3.63) is 62.4 Å². The van der Waals surface area contributed by atoms with E-state index in [-0.39, 0.29) is 11.9 Å². The molecule has 1 amide bonds. The average Bonchev–Trinajstić information content (AvgIpc) is 3.22. The van der Waals surface area contributed by atoms with E-state index in [0.29, 0.717) is 10.6 Å². The molecule has 122 valence electrons. The molecule has 2 aromatic carbocycles. The van der Waals surface area contributed by atoms with E-state index in [2.05, 4.69) is 32.6 Å². The summed E-state index contributed by atoms with van der Waals surface area (Å²) in [7, 11) is 0. The number of H-pyrrole nitrogens is 1. The molecule has 1 fully saturated rings. The lowest BCUT2D eigenvalue weighted by molar-refractivity contribution is 0.0729. The predicted octanol–water partition coefficient (Wildman–Crippen LogP) is 4.80. The number of carbonyl (C=O) groups is 1. The molecule has 4 rings (SSSR count). The summed E-state index contributed by atoms with van der Waals surface area (Å²) in [6, 6.07) is 13.4. The number of para-hydroxylation sites is 2. The first kappa shape index (κ1) is 15.9. The minimum Gasteiger partial charge on any atom is -0.340 e. The molecule has 3 aromatic rings. The number of nitrogens with zero attached hydrogens (tertiary/aromatic N) is 2. The van der Waals surface area contributed by atoms with Gasteiger partial charge in [0, 0.05) is 15.1 Å². The Morgan fingerprint density at radius 1 is 1.29 bits per heavy atom. The van der Waals surface area contributed by atoms with E-state index >= 15 is 0 Å². The predicted molar refractivity (Wildman–Crippen MR) is 103 cm³/mol. The molecule has 1 unspecified atom stereocenters. The van der Waals surface area contributed by atoms with Crippen molar-refractivity contribution < 1.29 is 4.79 Å². The van der Waals surface area contributed by atoms with Crippen molar-refractivity contribution >= 4 is 51.1 Å². The fraction of sp³-hybridized carbons (Fsp3) is 0.222. The second kappa shape index (κ2) is 6.37. The van der Waals surface area contributed by atoms with E-state index < -0.39 is 0 Å². The van der Waals surface area contributed by atoms with Crippen LogP contribution in [0.3, 0.4) is 0 Å². The Morgan fingerprint density at radius 2 is 2.12 bits per heavy atom. The van der Waals surface area contributed by atoms with Gasteiger partial charge in [-0.15, -0.1) is 0 Å². The molecule has 1 N–H and O–H groups in total. The lowest BCUT2D eigenvalue weighted by atomic mass is 10.1. The zero-order valence-corrected chi connectivity index (χ0v) is 15.7. The number of nitrogens with one attached hydrogen (secondary N) is 1. The van der Waals surface area contributed by atoms with Crippen LogP contribution in [0.25, 0.3) is 11.0 Å². The summed E-state index contributed by atoms with van der Waals surface area (Å²) in [6.45, 7) is 0.739. The third-order valence-electron chi connectivity index (χ3n) is 4.40. The molecule has 6 heteroatoms. The van der Waals surface area contributed by atoms with Crippen molar-refractivity contribution in [2.75, 3.05) is 6.54 Å². The number of halogens is 2. The molecule has 1 saturated heterocycles. The number of carbonyl (C=O) groups excluding carboxylic acids is 1. The summed E-state index contributed by atoms with van der Waals surface area (Å²) in [5.74, 6) is 0.879. The van der Waals surface area contributed by atoms with Crippen LogP contribution in [0, 0.1) is 3.57 Å². The highest BCUT2D eigenvalue weighted by molar-refractivity contribution is 14.1. The number of likely N-dealkylation sites (tertiary alicyclic amines) is 1. The van der Waals surface area contributed by atoms with Gasteiger partial charge in [0.05, 0.1) is 22.6 Å². The van der Waals surface area contributed by atoms with E-state index in [0.717, 1.165) is 39.8 Å². The molecule has 2 heterocycles. The SMILES string of the molecule is O=C(c1cc(Cl)ccc1I)N1CCCC1c1nc2ccccc2[nH]1. The molecule has 1 aliphatic rings. The van der Waals surface area contributed by atoms with Crippen LogP contribution >= 0.6 is 34.2 Å². The maximum absolute atomic E-state index is 13.0. The second-order valence-corrected chi connectivity index (χ2v) is 7.52. The Labute approximate surface area is 158 Å². The number of aromatic nitrogens is 2. The fourth-order valence-corrected chi connectivity index (χ4v) is 3.98. The van der Waals surface area contributed by atoms with Crippen molar-refractivity contribution in [2.24, 2.45) is 0 Å².